The molecule has 2 unspecified atom stereocenters. The monoisotopic (exact) mass is 330 g/mol. The second-order valence-electron chi connectivity index (χ2n) is 5.23. The molecule has 0 aliphatic heterocycles. The van der Waals surface area contributed by atoms with Crippen molar-refractivity contribution in [3.63, 3.8) is 0 Å². The number of benzene rings is 3. The molecule has 0 amide bonds. The molecule has 0 heterocycles. The summed E-state index contributed by atoms with van der Waals surface area (Å²) in [5.41, 5.74) is 0.457. The van der Waals surface area contributed by atoms with E-state index < -0.39 is 18.2 Å². The third kappa shape index (κ3) is 2.55. The molecule has 0 saturated heterocycles. The van der Waals surface area contributed by atoms with Crippen molar-refractivity contribution in [3.05, 3.63) is 59.1 Å². The molecule has 23 heavy (non-hydrogen) atoms. The summed E-state index contributed by atoms with van der Waals surface area (Å²) in [6, 6.07) is 14.6. The van der Waals surface area contributed by atoms with Crippen LogP contribution in [0.25, 0.3) is 21.5 Å². The molecule has 0 aliphatic rings. The zero-order chi connectivity index (χ0) is 16.6. The summed E-state index contributed by atoms with van der Waals surface area (Å²) in [6.07, 6.45) is -3.09. The first-order chi connectivity index (χ1) is 11.1. The molecule has 4 nitrogen and oxygen atoms in total. The minimum atomic E-state index is -1.67. The Morgan fingerprint density at radius 1 is 0.957 bits per heavy atom. The quantitative estimate of drug-likeness (QED) is 0.571. The molecule has 3 aromatic carbocycles. The molecule has 0 aromatic heterocycles. The van der Waals surface area contributed by atoms with Crippen molar-refractivity contribution < 1.29 is 19.7 Å². The van der Waals surface area contributed by atoms with Gasteiger partial charge in [0.05, 0.1) is 12.1 Å². The molecule has 0 saturated carbocycles. The molecule has 0 fully saturated rings. The van der Waals surface area contributed by atoms with Crippen molar-refractivity contribution in [1.82, 2.24) is 0 Å². The number of hydrogen-bond donors (Lipinski definition) is 2. The zero-order valence-electron chi connectivity index (χ0n) is 12.4. The van der Waals surface area contributed by atoms with Gasteiger partial charge in [-0.2, -0.15) is 0 Å². The summed E-state index contributed by atoms with van der Waals surface area (Å²) in [5, 5.41) is 24.1. The number of carbonyl (C=O) groups excluding carboxylic acids is 1. The van der Waals surface area contributed by atoms with E-state index in [4.69, 9.17) is 11.6 Å². The molecule has 2 N–H and O–H groups in total. The SMILES string of the molecule is COC(=O)C(O)C(O)c1c2ccccc2c(Cl)c2ccccc12. The summed E-state index contributed by atoms with van der Waals surface area (Å²) in [4.78, 5) is 11.6. The molecule has 5 heteroatoms. The number of carbonyl (C=O) groups is 1. The maximum absolute atomic E-state index is 11.6. The predicted octanol–water partition coefficient (Wildman–Crippen LogP) is 3.21. The molecule has 2 atom stereocenters. The number of methoxy groups -OCH3 is 1. The average molecular weight is 331 g/mol. The van der Waals surface area contributed by atoms with Crippen LogP contribution in [-0.4, -0.2) is 29.4 Å². The summed E-state index contributed by atoms with van der Waals surface area (Å²) >= 11 is 6.48. The molecule has 0 bridgehead atoms. The van der Waals surface area contributed by atoms with Crippen LogP contribution in [-0.2, 0) is 9.53 Å². The van der Waals surface area contributed by atoms with E-state index in [2.05, 4.69) is 4.74 Å². The number of fused-ring (bicyclic) bond motifs is 2. The molecule has 0 radical (unpaired) electrons. The van der Waals surface area contributed by atoms with Crippen LogP contribution < -0.4 is 0 Å². The van der Waals surface area contributed by atoms with Crippen molar-refractivity contribution in [2.75, 3.05) is 7.11 Å². The first-order valence-corrected chi connectivity index (χ1v) is 7.47. The molecular weight excluding hydrogens is 316 g/mol. The Balaban J connectivity index is 2.37. The van der Waals surface area contributed by atoms with E-state index >= 15 is 0 Å². The van der Waals surface area contributed by atoms with Gasteiger partial charge < -0.3 is 14.9 Å². The van der Waals surface area contributed by atoms with Gasteiger partial charge in [0.15, 0.2) is 6.10 Å². The first-order valence-electron chi connectivity index (χ1n) is 7.09. The van der Waals surface area contributed by atoms with E-state index in [0.29, 0.717) is 21.4 Å². The van der Waals surface area contributed by atoms with E-state index in [1.807, 2.05) is 36.4 Å². The van der Waals surface area contributed by atoms with Crippen LogP contribution in [0.1, 0.15) is 11.7 Å². The van der Waals surface area contributed by atoms with Crippen molar-refractivity contribution in [3.8, 4) is 0 Å². The fraction of sp³-hybridized carbons (Fsp3) is 0.167. The van der Waals surface area contributed by atoms with E-state index in [9.17, 15) is 15.0 Å². The highest BCUT2D eigenvalue weighted by Gasteiger charge is 2.29. The Labute approximate surface area is 137 Å². The van der Waals surface area contributed by atoms with Gasteiger partial charge in [-0.05, 0) is 16.3 Å². The zero-order valence-corrected chi connectivity index (χ0v) is 13.1. The van der Waals surface area contributed by atoms with Gasteiger partial charge >= 0.3 is 5.97 Å². The fourth-order valence-electron chi connectivity index (χ4n) is 2.84. The van der Waals surface area contributed by atoms with E-state index in [0.717, 1.165) is 17.9 Å². The van der Waals surface area contributed by atoms with Gasteiger partial charge in [0.2, 0.25) is 0 Å². The fourth-order valence-corrected chi connectivity index (χ4v) is 3.16. The third-order valence-electron chi connectivity index (χ3n) is 3.94. The van der Waals surface area contributed by atoms with E-state index in [1.54, 1.807) is 12.1 Å². The Hall–Kier alpha value is -2.14. The Morgan fingerprint density at radius 2 is 1.39 bits per heavy atom. The first kappa shape index (κ1) is 15.7. The second kappa shape index (κ2) is 6.16. The highest BCUT2D eigenvalue weighted by atomic mass is 35.5. The lowest BCUT2D eigenvalue weighted by atomic mass is 9.91. The van der Waals surface area contributed by atoms with Gasteiger partial charge in [-0.3, -0.25) is 0 Å². The maximum Gasteiger partial charge on any atom is 0.337 e. The molecule has 3 aromatic rings. The summed E-state index contributed by atoms with van der Waals surface area (Å²) in [6.45, 7) is 0. The number of esters is 1. The van der Waals surface area contributed by atoms with Crippen molar-refractivity contribution in [2.24, 2.45) is 0 Å². The summed E-state index contributed by atoms with van der Waals surface area (Å²) in [7, 11) is 1.16. The minimum absolute atomic E-state index is 0.457. The Morgan fingerprint density at radius 3 is 1.83 bits per heavy atom. The van der Waals surface area contributed by atoms with Crippen LogP contribution in [0, 0.1) is 0 Å². The largest absolute Gasteiger partial charge is 0.467 e. The van der Waals surface area contributed by atoms with Crippen LogP contribution in [0.2, 0.25) is 5.02 Å². The van der Waals surface area contributed by atoms with Crippen LogP contribution in [0.5, 0.6) is 0 Å². The smallest absolute Gasteiger partial charge is 0.337 e. The van der Waals surface area contributed by atoms with Gasteiger partial charge in [0, 0.05) is 10.8 Å². The Bertz CT molecular complexity index is 834. The molecule has 0 spiro atoms. The number of aliphatic hydroxyl groups excluding tert-OH is 2. The summed E-state index contributed by atoms with van der Waals surface area (Å²) < 4.78 is 4.53. The lowest BCUT2D eigenvalue weighted by Gasteiger charge is -2.21. The molecule has 0 aliphatic carbocycles. The number of hydrogen-bond acceptors (Lipinski definition) is 4. The predicted molar refractivity (Wildman–Crippen MR) is 89.4 cm³/mol. The van der Waals surface area contributed by atoms with Crippen molar-refractivity contribution in [2.45, 2.75) is 12.2 Å². The normalized spacial score (nSPS) is 13.9. The van der Waals surface area contributed by atoms with Gasteiger partial charge in [0.1, 0.15) is 6.10 Å². The molecular formula is C18H15ClO4. The van der Waals surface area contributed by atoms with E-state index in [-0.39, 0.29) is 0 Å². The second-order valence-corrected chi connectivity index (χ2v) is 5.61. The van der Waals surface area contributed by atoms with Crippen LogP contribution in [0.4, 0.5) is 0 Å². The van der Waals surface area contributed by atoms with E-state index in [1.165, 1.54) is 0 Å². The summed E-state index contributed by atoms with van der Waals surface area (Å²) in [5.74, 6) is -0.888. The maximum atomic E-state index is 11.6. The number of ether oxygens (including phenoxy) is 1. The highest BCUT2D eigenvalue weighted by molar-refractivity contribution is 6.41. The van der Waals surface area contributed by atoms with Gasteiger partial charge in [-0.1, -0.05) is 60.1 Å². The third-order valence-corrected chi connectivity index (χ3v) is 4.35. The highest BCUT2D eigenvalue weighted by Crippen LogP contribution is 2.39. The van der Waals surface area contributed by atoms with Crippen LogP contribution in [0.3, 0.4) is 0 Å². The van der Waals surface area contributed by atoms with Gasteiger partial charge in [-0.25, -0.2) is 4.79 Å². The molecule has 118 valence electrons. The lowest BCUT2D eigenvalue weighted by Crippen LogP contribution is -2.29. The molecule has 3 rings (SSSR count). The Kier molecular flexibility index (Phi) is 4.22. The van der Waals surface area contributed by atoms with Gasteiger partial charge in [-0.15, -0.1) is 0 Å². The lowest BCUT2D eigenvalue weighted by molar-refractivity contribution is -0.156. The van der Waals surface area contributed by atoms with Crippen molar-refractivity contribution >= 4 is 39.1 Å². The average Bonchev–Trinajstić information content (AvgIpc) is 2.60. The standard InChI is InChI=1S/C18H15ClO4/c1-23-18(22)17(21)16(20)14-10-6-2-4-8-12(10)15(19)13-9-5-3-7-11(13)14/h2-9,16-17,20-21H,1H3. The van der Waals surface area contributed by atoms with Crippen molar-refractivity contribution in [1.29, 1.82) is 0 Å². The minimum Gasteiger partial charge on any atom is -0.467 e. The van der Waals surface area contributed by atoms with Gasteiger partial charge in [0.25, 0.3) is 0 Å². The number of rotatable bonds is 3. The number of halogens is 1. The van der Waals surface area contributed by atoms with Crippen LogP contribution >= 0.6 is 11.6 Å². The topological polar surface area (TPSA) is 66.8 Å². The van der Waals surface area contributed by atoms with Crippen LogP contribution in [0.15, 0.2) is 48.5 Å². The number of aliphatic hydroxyl groups is 2.